The fraction of sp³-hybridized carbons (Fsp3) is 0.297. The lowest BCUT2D eigenvalue weighted by Gasteiger charge is -2.51. The first kappa shape index (κ1) is 29.9. The van der Waals surface area contributed by atoms with Crippen molar-refractivity contribution in [3.63, 3.8) is 0 Å². The van der Waals surface area contributed by atoms with Gasteiger partial charge in [0.15, 0.2) is 0 Å². The summed E-state index contributed by atoms with van der Waals surface area (Å²) < 4.78 is 19.7. The number of ether oxygens (including phenoxy) is 3. The van der Waals surface area contributed by atoms with E-state index in [2.05, 4.69) is 47.9 Å². The van der Waals surface area contributed by atoms with Gasteiger partial charge in [-0.05, 0) is 28.7 Å². The zero-order valence-electron chi connectivity index (χ0n) is 24.1. The van der Waals surface area contributed by atoms with Crippen molar-refractivity contribution >= 4 is 0 Å². The SMILES string of the molecule is C=CC[C@@H]1[C@H](O)[C@@H](OCc2ccccc2)[C@H](OCc2ccccc2)[C@@H](COCc2ccccc2)N1Cc1ccccc1. The summed E-state index contributed by atoms with van der Waals surface area (Å²) in [6.07, 6.45) is 0.703. The summed E-state index contributed by atoms with van der Waals surface area (Å²) in [6.45, 7) is 6.38. The van der Waals surface area contributed by atoms with Gasteiger partial charge in [-0.3, -0.25) is 4.90 Å². The third-order valence-electron chi connectivity index (χ3n) is 7.87. The first-order valence-electron chi connectivity index (χ1n) is 14.7. The van der Waals surface area contributed by atoms with Crippen LogP contribution in [0.4, 0.5) is 0 Å². The molecule has 5 atom stereocenters. The van der Waals surface area contributed by atoms with Gasteiger partial charge in [-0.2, -0.15) is 0 Å². The summed E-state index contributed by atoms with van der Waals surface area (Å²) in [7, 11) is 0. The van der Waals surface area contributed by atoms with Crippen molar-refractivity contribution in [2.45, 2.75) is 63.2 Å². The molecule has 1 saturated heterocycles. The van der Waals surface area contributed by atoms with Gasteiger partial charge in [-0.25, -0.2) is 0 Å². The Bertz CT molecular complexity index is 1320. The number of nitrogens with zero attached hydrogens (tertiary/aromatic N) is 1. The first-order chi connectivity index (χ1) is 20.7. The van der Waals surface area contributed by atoms with Crippen LogP contribution in [-0.4, -0.2) is 47.0 Å². The average Bonchev–Trinajstić information content (AvgIpc) is 3.04. The average molecular weight is 564 g/mol. The molecule has 5 rings (SSSR count). The van der Waals surface area contributed by atoms with Gasteiger partial charge in [0.1, 0.15) is 12.2 Å². The fourth-order valence-electron chi connectivity index (χ4n) is 5.73. The smallest absolute Gasteiger partial charge is 0.113 e. The van der Waals surface area contributed by atoms with Crippen molar-refractivity contribution in [2.24, 2.45) is 0 Å². The van der Waals surface area contributed by atoms with E-state index in [0.717, 1.165) is 22.3 Å². The number of aliphatic hydroxyl groups excluding tert-OH is 1. The predicted octanol–water partition coefficient (Wildman–Crippen LogP) is 6.56. The van der Waals surface area contributed by atoms with Crippen LogP contribution in [0.1, 0.15) is 28.7 Å². The minimum absolute atomic E-state index is 0.174. The van der Waals surface area contributed by atoms with Gasteiger partial charge in [0.2, 0.25) is 0 Å². The molecule has 0 aliphatic carbocycles. The summed E-state index contributed by atoms with van der Waals surface area (Å²) >= 11 is 0. The molecule has 0 saturated carbocycles. The normalized spacial score (nSPS) is 22.5. The third-order valence-corrected chi connectivity index (χ3v) is 7.87. The number of rotatable bonds is 14. The monoisotopic (exact) mass is 563 g/mol. The lowest BCUT2D eigenvalue weighted by Crippen LogP contribution is -2.68. The molecule has 0 unspecified atom stereocenters. The zero-order valence-corrected chi connectivity index (χ0v) is 24.1. The largest absolute Gasteiger partial charge is 0.389 e. The Labute approximate surface area is 250 Å². The van der Waals surface area contributed by atoms with E-state index in [0.29, 0.717) is 39.4 Å². The summed E-state index contributed by atoms with van der Waals surface area (Å²) in [5.74, 6) is 0. The number of hydrogen-bond acceptors (Lipinski definition) is 5. The Balaban J connectivity index is 1.47. The second-order valence-electron chi connectivity index (χ2n) is 10.8. The molecule has 1 N–H and O–H groups in total. The minimum Gasteiger partial charge on any atom is -0.389 e. The minimum atomic E-state index is -0.790. The van der Waals surface area contributed by atoms with Gasteiger partial charge in [-0.1, -0.05) is 127 Å². The molecule has 1 fully saturated rings. The Hall–Kier alpha value is -3.58. The molecule has 1 aliphatic rings. The molecule has 0 bridgehead atoms. The van der Waals surface area contributed by atoms with Crippen LogP contribution < -0.4 is 0 Å². The first-order valence-corrected chi connectivity index (χ1v) is 14.7. The highest BCUT2D eigenvalue weighted by molar-refractivity contribution is 5.18. The van der Waals surface area contributed by atoms with Crippen LogP contribution in [0.5, 0.6) is 0 Å². The van der Waals surface area contributed by atoms with Gasteiger partial charge in [-0.15, -0.1) is 6.58 Å². The van der Waals surface area contributed by atoms with Crippen LogP contribution in [0.25, 0.3) is 0 Å². The molecule has 5 nitrogen and oxygen atoms in total. The Morgan fingerprint density at radius 2 is 1.05 bits per heavy atom. The molecule has 0 amide bonds. The molecule has 0 spiro atoms. The predicted molar refractivity (Wildman–Crippen MR) is 167 cm³/mol. The van der Waals surface area contributed by atoms with Gasteiger partial charge in [0.05, 0.1) is 38.6 Å². The van der Waals surface area contributed by atoms with E-state index in [1.54, 1.807) is 0 Å². The standard InChI is InChI=1S/C37H41NO4/c1-2-15-33-35(39)37(42-27-32-22-13-6-14-23-32)36(41-26-31-20-11-5-12-21-31)34(28-40-25-30-18-9-4-10-19-30)38(33)24-29-16-7-3-8-17-29/h2-14,16-23,33-37,39H,1,15,24-28H2/t33-,34-,35+,36-,37-/m1/s1. The van der Waals surface area contributed by atoms with E-state index < -0.39 is 18.3 Å². The molecule has 218 valence electrons. The summed E-state index contributed by atoms with van der Waals surface area (Å²) in [6, 6.07) is 40.4. The van der Waals surface area contributed by atoms with Crippen LogP contribution in [-0.2, 0) is 40.6 Å². The van der Waals surface area contributed by atoms with Crippen molar-refractivity contribution in [2.75, 3.05) is 6.61 Å². The van der Waals surface area contributed by atoms with Crippen molar-refractivity contribution in [3.05, 3.63) is 156 Å². The van der Waals surface area contributed by atoms with E-state index in [1.807, 2.05) is 91.0 Å². The second kappa shape index (κ2) is 15.6. The number of aliphatic hydroxyl groups is 1. The molecular weight excluding hydrogens is 522 g/mol. The van der Waals surface area contributed by atoms with Gasteiger partial charge in [0, 0.05) is 12.6 Å². The second-order valence-corrected chi connectivity index (χ2v) is 10.8. The molecule has 1 heterocycles. The van der Waals surface area contributed by atoms with Crippen LogP contribution in [0.3, 0.4) is 0 Å². The van der Waals surface area contributed by atoms with Crippen molar-refractivity contribution in [1.82, 2.24) is 4.90 Å². The van der Waals surface area contributed by atoms with Gasteiger partial charge < -0.3 is 19.3 Å². The molecular formula is C37H41NO4. The van der Waals surface area contributed by atoms with E-state index in [9.17, 15) is 5.11 Å². The topological polar surface area (TPSA) is 51.2 Å². The van der Waals surface area contributed by atoms with Crippen LogP contribution >= 0.6 is 0 Å². The lowest BCUT2D eigenvalue weighted by molar-refractivity contribution is -0.216. The maximum Gasteiger partial charge on any atom is 0.113 e. The Morgan fingerprint density at radius 1 is 0.595 bits per heavy atom. The number of benzene rings is 4. The highest BCUT2D eigenvalue weighted by atomic mass is 16.6. The van der Waals surface area contributed by atoms with Gasteiger partial charge in [0.25, 0.3) is 0 Å². The van der Waals surface area contributed by atoms with Crippen LogP contribution in [0.2, 0.25) is 0 Å². The van der Waals surface area contributed by atoms with Crippen LogP contribution in [0, 0.1) is 0 Å². The third kappa shape index (κ3) is 8.03. The Kier molecular flexibility index (Phi) is 11.1. The summed E-state index contributed by atoms with van der Waals surface area (Å²) in [5, 5.41) is 11.9. The maximum absolute atomic E-state index is 11.9. The van der Waals surface area contributed by atoms with Crippen molar-refractivity contribution < 1.29 is 19.3 Å². The molecule has 5 heteroatoms. The summed E-state index contributed by atoms with van der Waals surface area (Å²) in [5.41, 5.74) is 4.40. The van der Waals surface area contributed by atoms with Gasteiger partial charge >= 0.3 is 0 Å². The molecule has 42 heavy (non-hydrogen) atoms. The van der Waals surface area contributed by atoms with E-state index in [4.69, 9.17) is 14.2 Å². The van der Waals surface area contributed by atoms with Crippen LogP contribution in [0.15, 0.2) is 134 Å². The molecule has 1 aliphatic heterocycles. The quantitative estimate of drug-likeness (QED) is 0.176. The molecule has 0 aromatic heterocycles. The van der Waals surface area contributed by atoms with E-state index in [1.165, 1.54) is 0 Å². The molecule has 0 radical (unpaired) electrons. The summed E-state index contributed by atoms with van der Waals surface area (Å²) in [4.78, 5) is 2.34. The number of likely N-dealkylation sites (tertiary alicyclic amines) is 1. The fourth-order valence-corrected chi connectivity index (χ4v) is 5.73. The van der Waals surface area contributed by atoms with E-state index in [-0.39, 0.29) is 12.1 Å². The number of piperidine rings is 1. The van der Waals surface area contributed by atoms with E-state index >= 15 is 0 Å². The molecule has 4 aromatic rings. The number of hydrogen-bond donors (Lipinski definition) is 1. The highest BCUT2D eigenvalue weighted by Gasteiger charge is 2.49. The molecule has 4 aromatic carbocycles. The maximum atomic E-state index is 11.9. The Morgan fingerprint density at radius 3 is 1.55 bits per heavy atom. The van der Waals surface area contributed by atoms with Crippen molar-refractivity contribution in [3.8, 4) is 0 Å². The van der Waals surface area contributed by atoms with Crippen molar-refractivity contribution in [1.29, 1.82) is 0 Å². The zero-order chi connectivity index (χ0) is 29.0. The highest BCUT2D eigenvalue weighted by Crippen LogP contribution is 2.33. The lowest BCUT2D eigenvalue weighted by atomic mass is 9.85.